The van der Waals surface area contributed by atoms with Crippen LogP contribution in [0.1, 0.15) is 36.2 Å². The van der Waals surface area contributed by atoms with Gasteiger partial charge in [0.25, 0.3) is 0 Å². The predicted octanol–water partition coefficient (Wildman–Crippen LogP) is 5.44. The summed E-state index contributed by atoms with van der Waals surface area (Å²) in [4.78, 5) is 12.0. The molecule has 1 atom stereocenters. The molecule has 0 spiro atoms. The molecule has 0 aromatic heterocycles. The van der Waals surface area contributed by atoms with E-state index in [0.717, 1.165) is 23.6 Å². The number of rotatable bonds is 6. The molecule has 0 aliphatic heterocycles. The van der Waals surface area contributed by atoms with Gasteiger partial charge in [-0.25, -0.2) is 0 Å². The van der Waals surface area contributed by atoms with Crippen molar-refractivity contribution >= 4 is 16.6 Å². The van der Waals surface area contributed by atoms with Crippen molar-refractivity contribution in [1.82, 2.24) is 0 Å². The fourth-order valence-corrected chi connectivity index (χ4v) is 2.92. The molecule has 2 heteroatoms. The van der Waals surface area contributed by atoms with E-state index in [1.54, 1.807) is 6.92 Å². The van der Waals surface area contributed by atoms with Gasteiger partial charge in [-0.3, -0.25) is 4.79 Å². The Labute approximate surface area is 143 Å². The normalized spacial score (nSPS) is 12.1. The Bertz CT molecular complexity index is 837. The predicted molar refractivity (Wildman–Crippen MR) is 98.8 cm³/mol. The minimum absolute atomic E-state index is 0.0333. The Hall–Kier alpha value is -2.61. The maximum atomic E-state index is 12.0. The number of ether oxygens (including phenoxy) is 1. The lowest BCUT2D eigenvalue weighted by atomic mass is 10.0. The second-order valence-electron chi connectivity index (χ2n) is 6.17. The molecule has 0 saturated heterocycles. The Kier molecular flexibility index (Phi) is 4.95. The standard InChI is InChI=1S/C22H22O2/c1-16(12-13-18-8-4-3-5-9-18)24-22-20(17(2)23)15-14-19-10-6-7-11-21(19)22/h3-11,14-16H,12-13H2,1-2H3. The molecule has 122 valence electrons. The Balaban J connectivity index is 1.82. The van der Waals surface area contributed by atoms with E-state index in [9.17, 15) is 4.79 Å². The quantitative estimate of drug-likeness (QED) is 0.565. The first-order valence-electron chi connectivity index (χ1n) is 8.38. The molecular formula is C22H22O2. The van der Waals surface area contributed by atoms with Gasteiger partial charge in [-0.05, 0) is 43.7 Å². The molecule has 0 N–H and O–H groups in total. The van der Waals surface area contributed by atoms with E-state index < -0.39 is 0 Å². The molecule has 3 rings (SSSR count). The zero-order valence-electron chi connectivity index (χ0n) is 14.2. The summed E-state index contributed by atoms with van der Waals surface area (Å²) < 4.78 is 6.22. The second-order valence-corrected chi connectivity index (χ2v) is 6.17. The van der Waals surface area contributed by atoms with Crippen LogP contribution in [0.25, 0.3) is 10.8 Å². The number of hydrogen-bond acceptors (Lipinski definition) is 2. The van der Waals surface area contributed by atoms with Crippen LogP contribution in [0.2, 0.25) is 0 Å². The van der Waals surface area contributed by atoms with Crippen molar-refractivity contribution in [3.05, 3.63) is 77.9 Å². The van der Waals surface area contributed by atoms with Gasteiger partial charge in [0.1, 0.15) is 5.75 Å². The molecule has 0 aliphatic carbocycles. The minimum atomic E-state index is 0.0333. The fourth-order valence-electron chi connectivity index (χ4n) is 2.92. The third kappa shape index (κ3) is 3.65. The van der Waals surface area contributed by atoms with Gasteiger partial charge in [0.2, 0.25) is 0 Å². The van der Waals surface area contributed by atoms with Crippen LogP contribution in [0.15, 0.2) is 66.7 Å². The third-order valence-corrected chi connectivity index (χ3v) is 4.26. The summed E-state index contributed by atoms with van der Waals surface area (Å²) in [5, 5.41) is 2.09. The van der Waals surface area contributed by atoms with Crippen molar-refractivity contribution in [2.75, 3.05) is 0 Å². The van der Waals surface area contributed by atoms with Gasteiger partial charge >= 0.3 is 0 Å². The van der Waals surface area contributed by atoms with Crippen LogP contribution in [-0.4, -0.2) is 11.9 Å². The van der Waals surface area contributed by atoms with Crippen LogP contribution in [0.3, 0.4) is 0 Å². The van der Waals surface area contributed by atoms with Crippen LogP contribution >= 0.6 is 0 Å². The van der Waals surface area contributed by atoms with Gasteiger partial charge in [-0.2, -0.15) is 0 Å². The van der Waals surface area contributed by atoms with E-state index in [0.29, 0.717) is 11.3 Å². The molecule has 0 aliphatic rings. The highest BCUT2D eigenvalue weighted by Gasteiger charge is 2.15. The van der Waals surface area contributed by atoms with E-state index >= 15 is 0 Å². The number of benzene rings is 3. The average molecular weight is 318 g/mol. The maximum absolute atomic E-state index is 12.0. The van der Waals surface area contributed by atoms with Crippen LogP contribution in [-0.2, 0) is 6.42 Å². The van der Waals surface area contributed by atoms with Gasteiger partial charge in [0, 0.05) is 5.39 Å². The lowest BCUT2D eigenvalue weighted by Gasteiger charge is -2.19. The lowest BCUT2D eigenvalue weighted by molar-refractivity contribution is 0.101. The van der Waals surface area contributed by atoms with Crippen molar-refractivity contribution in [3.8, 4) is 5.75 Å². The molecule has 1 unspecified atom stereocenters. The SMILES string of the molecule is CC(=O)c1ccc2ccccc2c1OC(C)CCc1ccccc1. The summed E-state index contributed by atoms with van der Waals surface area (Å²) >= 11 is 0. The molecule has 2 nitrogen and oxygen atoms in total. The van der Waals surface area contributed by atoms with Gasteiger partial charge < -0.3 is 4.74 Å². The lowest BCUT2D eigenvalue weighted by Crippen LogP contribution is -2.15. The molecule has 0 saturated carbocycles. The van der Waals surface area contributed by atoms with Crippen LogP contribution in [0.4, 0.5) is 0 Å². The number of fused-ring (bicyclic) bond motifs is 1. The van der Waals surface area contributed by atoms with E-state index in [2.05, 4.69) is 31.2 Å². The minimum Gasteiger partial charge on any atom is -0.489 e. The van der Waals surface area contributed by atoms with Gasteiger partial charge in [0.05, 0.1) is 11.7 Å². The topological polar surface area (TPSA) is 26.3 Å². The van der Waals surface area contributed by atoms with Crippen molar-refractivity contribution in [2.24, 2.45) is 0 Å². The molecule has 0 fully saturated rings. The van der Waals surface area contributed by atoms with Gasteiger partial charge in [-0.1, -0.05) is 60.7 Å². The molecule has 0 heterocycles. The summed E-state index contributed by atoms with van der Waals surface area (Å²) in [7, 11) is 0. The third-order valence-electron chi connectivity index (χ3n) is 4.26. The molecule has 0 amide bonds. The summed E-state index contributed by atoms with van der Waals surface area (Å²) in [5.74, 6) is 0.743. The zero-order valence-corrected chi connectivity index (χ0v) is 14.2. The van der Waals surface area contributed by atoms with E-state index in [1.165, 1.54) is 5.56 Å². The first-order chi connectivity index (χ1) is 11.6. The van der Waals surface area contributed by atoms with Crippen molar-refractivity contribution in [2.45, 2.75) is 32.8 Å². The summed E-state index contributed by atoms with van der Waals surface area (Å²) in [6.07, 6.45) is 1.90. The highest BCUT2D eigenvalue weighted by Crippen LogP contribution is 2.31. The average Bonchev–Trinajstić information content (AvgIpc) is 2.61. The number of carbonyl (C=O) groups excluding carboxylic acids is 1. The summed E-state index contributed by atoms with van der Waals surface area (Å²) in [6.45, 7) is 3.65. The molecule has 0 radical (unpaired) electrons. The Morgan fingerprint density at radius 3 is 2.42 bits per heavy atom. The van der Waals surface area contributed by atoms with E-state index in [-0.39, 0.29) is 11.9 Å². The van der Waals surface area contributed by atoms with Crippen LogP contribution < -0.4 is 4.74 Å². The van der Waals surface area contributed by atoms with E-state index in [4.69, 9.17) is 4.74 Å². The second kappa shape index (κ2) is 7.31. The highest BCUT2D eigenvalue weighted by molar-refractivity contribution is 6.03. The molecule has 3 aromatic rings. The van der Waals surface area contributed by atoms with Crippen molar-refractivity contribution < 1.29 is 9.53 Å². The van der Waals surface area contributed by atoms with Gasteiger partial charge in [0.15, 0.2) is 5.78 Å². The number of ketones is 1. The number of aryl methyl sites for hydroxylation is 1. The van der Waals surface area contributed by atoms with Gasteiger partial charge in [-0.15, -0.1) is 0 Å². The maximum Gasteiger partial charge on any atom is 0.163 e. The number of hydrogen-bond donors (Lipinski definition) is 0. The van der Waals surface area contributed by atoms with Crippen LogP contribution in [0, 0.1) is 0 Å². The van der Waals surface area contributed by atoms with Crippen molar-refractivity contribution in [3.63, 3.8) is 0 Å². The van der Waals surface area contributed by atoms with E-state index in [1.807, 2.05) is 42.5 Å². The summed E-state index contributed by atoms with van der Waals surface area (Å²) in [6, 6.07) is 22.3. The molecular weight excluding hydrogens is 296 g/mol. The molecule has 3 aromatic carbocycles. The monoisotopic (exact) mass is 318 g/mol. The Morgan fingerprint density at radius 2 is 1.67 bits per heavy atom. The highest BCUT2D eigenvalue weighted by atomic mass is 16.5. The van der Waals surface area contributed by atoms with Crippen molar-refractivity contribution in [1.29, 1.82) is 0 Å². The largest absolute Gasteiger partial charge is 0.489 e. The zero-order chi connectivity index (χ0) is 16.9. The molecule has 0 bridgehead atoms. The number of Topliss-reactive ketones (excluding diaryl/α,β-unsaturated/α-hetero) is 1. The summed E-state index contributed by atoms with van der Waals surface area (Å²) in [5.41, 5.74) is 1.96. The first kappa shape index (κ1) is 16.3. The fraction of sp³-hybridized carbons (Fsp3) is 0.227. The first-order valence-corrected chi connectivity index (χ1v) is 8.38. The Morgan fingerprint density at radius 1 is 0.958 bits per heavy atom. The number of carbonyl (C=O) groups is 1. The van der Waals surface area contributed by atoms with Crippen LogP contribution in [0.5, 0.6) is 5.75 Å². The molecule has 24 heavy (non-hydrogen) atoms. The smallest absolute Gasteiger partial charge is 0.163 e.